The minimum atomic E-state index is -0.493. The molecule has 166 valence electrons. The number of thiocarbonyl (C=S) groups is 1. The quantitative estimate of drug-likeness (QED) is 0.335. The highest BCUT2D eigenvalue weighted by Crippen LogP contribution is 2.30. The Kier molecular flexibility index (Phi) is 5.77. The van der Waals surface area contributed by atoms with Gasteiger partial charge in [0, 0.05) is 19.2 Å². The van der Waals surface area contributed by atoms with Crippen molar-refractivity contribution in [2.24, 2.45) is 0 Å². The van der Waals surface area contributed by atoms with Crippen LogP contribution in [0.25, 0.3) is 6.08 Å². The number of benzene rings is 2. The molecule has 0 N–H and O–H groups in total. The zero-order chi connectivity index (χ0) is 22.8. The number of amides is 2. The average molecular weight is 460 g/mol. The Balaban J connectivity index is 1.55. The molecule has 2 fully saturated rings. The van der Waals surface area contributed by atoms with E-state index in [1.165, 1.54) is 15.9 Å². The summed E-state index contributed by atoms with van der Waals surface area (Å²) in [5, 5.41) is 0.105. The van der Waals surface area contributed by atoms with Crippen molar-refractivity contribution in [3.8, 4) is 0 Å². The van der Waals surface area contributed by atoms with Gasteiger partial charge in [-0.1, -0.05) is 36.4 Å². The van der Waals surface area contributed by atoms with Gasteiger partial charge in [-0.25, -0.2) is 0 Å². The van der Waals surface area contributed by atoms with E-state index in [1.807, 2.05) is 42.5 Å². The van der Waals surface area contributed by atoms with Crippen LogP contribution in [-0.4, -0.2) is 43.2 Å². The van der Waals surface area contributed by atoms with E-state index in [-0.39, 0.29) is 10.7 Å². The van der Waals surface area contributed by atoms with Crippen LogP contribution >= 0.6 is 12.2 Å². The van der Waals surface area contributed by atoms with Gasteiger partial charge in [0.2, 0.25) is 0 Å². The number of morpholine rings is 1. The van der Waals surface area contributed by atoms with Crippen molar-refractivity contribution in [3.63, 3.8) is 0 Å². The zero-order valence-electron chi connectivity index (χ0n) is 17.7. The predicted molar refractivity (Wildman–Crippen MR) is 130 cm³/mol. The number of rotatable bonds is 4. The summed E-state index contributed by atoms with van der Waals surface area (Å²) < 4.78 is 11.3. The maximum atomic E-state index is 13.5. The standard InChI is InChI=1S/C25H21N3O4S/c29-23-21(17-20-11-12-22(32-20)26-13-15-31-16-14-26)24(30)28(19-9-5-2-6-10-19)25(33)27(23)18-7-3-1-4-8-18/h1-12,17H,13-16H2. The van der Waals surface area contributed by atoms with Gasteiger partial charge < -0.3 is 14.1 Å². The average Bonchev–Trinajstić information content (AvgIpc) is 3.33. The van der Waals surface area contributed by atoms with Gasteiger partial charge in [-0.05, 0) is 48.6 Å². The third-order valence-electron chi connectivity index (χ3n) is 5.50. The lowest BCUT2D eigenvalue weighted by atomic mass is 10.1. The number of nitrogens with zero attached hydrogens (tertiary/aromatic N) is 3. The number of carbonyl (C=O) groups is 2. The lowest BCUT2D eigenvalue weighted by molar-refractivity contribution is -0.120. The van der Waals surface area contributed by atoms with Crippen LogP contribution in [0.3, 0.4) is 0 Å². The zero-order valence-corrected chi connectivity index (χ0v) is 18.5. The normalized spacial score (nSPS) is 17.0. The second kappa shape index (κ2) is 9.01. The second-order valence-corrected chi connectivity index (χ2v) is 7.93. The molecule has 0 unspecified atom stereocenters. The molecule has 8 heteroatoms. The van der Waals surface area contributed by atoms with Crippen LogP contribution in [0.5, 0.6) is 0 Å². The fraction of sp³-hybridized carbons (Fsp3) is 0.160. The van der Waals surface area contributed by atoms with Gasteiger partial charge in [-0.2, -0.15) is 0 Å². The van der Waals surface area contributed by atoms with Crippen LogP contribution in [0.2, 0.25) is 0 Å². The summed E-state index contributed by atoms with van der Waals surface area (Å²) in [4.78, 5) is 31.8. The van der Waals surface area contributed by atoms with E-state index in [0.29, 0.717) is 36.2 Å². The SMILES string of the molecule is O=C1C(=Cc2ccc(N3CCOCC3)o2)C(=O)N(c2ccccc2)C(=S)N1c1ccccc1. The maximum absolute atomic E-state index is 13.5. The molecule has 2 saturated heterocycles. The summed E-state index contributed by atoms with van der Waals surface area (Å²) in [7, 11) is 0. The summed E-state index contributed by atoms with van der Waals surface area (Å²) in [6.07, 6.45) is 1.49. The van der Waals surface area contributed by atoms with E-state index in [9.17, 15) is 9.59 Å². The van der Waals surface area contributed by atoms with E-state index in [2.05, 4.69) is 4.90 Å². The van der Waals surface area contributed by atoms with Gasteiger partial charge in [0.25, 0.3) is 11.8 Å². The van der Waals surface area contributed by atoms with Gasteiger partial charge in [-0.15, -0.1) is 0 Å². The Hall–Kier alpha value is -3.75. The van der Waals surface area contributed by atoms with Crippen LogP contribution in [0, 0.1) is 0 Å². The number of furan rings is 1. The molecule has 0 atom stereocenters. The van der Waals surface area contributed by atoms with Crippen molar-refractivity contribution in [2.45, 2.75) is 0 Å². The van der Waals surface area contributed by atoms with E-state index >= 15 is 0 Å². The first-order chi connectivity index (χ1) is 16.1. The molecule has 0 aliphatic carbocycles. The molecule has 0 radical (unpaired) electrons. The number of carbonyl (C=O) groups excluding carboxylic acids is 2. The summed E-state index contributed by atoms with van der Waals surface area (Å²) in [5.41, 5.74) is 1.14. The number of anilines is 3. The van der Waals surface area contributed by atoms with Crippen molar-refractivity contribution in [1.29, 1.82) is 0 Å². The number of hydrogen-bond donors (Lipinski definition) is 0. The molecular formula is C25H21N3O4S. The molecule has 3 heterocycles. The topological polar surface area (TPSA) is 66.2 Å². The second-order valence-electron chi connectivity index (χ2n) is 7.57. The van der Waals surface area contributed by atoms with Crippen molar-refractivity contribution in [1.82, 2.24) is 0 Å². The van der Waals surface area contributed by atoms with Crippen LogP contribution in [0.15, 0.2) is 82.8 Å². The molecule has 5 rings (SSSR count). The maximum Gasteiger partial charge on any atom is 0.270 e. The van der Waals surface area contributed by atoms with Crippen molar-refractivity contribution in [3.05, 3.63) is 84.1 Å². The minimum Gasteiger partial charge on any atom is -0.441 e. The lowest BCUT2D eigenvalue weighted by Gasteiger charge is -2.36. The van der Waals surface area contributed by atoms with Gasteiger partial charge in [-0.3, -0.25) is 19.4 Å². The molecule has 0 saturated carbocycles. The Bertz CT molecular complexity index is 1150. The van der Waals surface area contributed by atoms with Crippen LogP contribution in [0.4, 0.5) is 17.3 Å². The van der Waals surface area contributed by atoms with Crippen LogP contribution in [-0.2, 0) is 14.3 Å². The van der Waals surface area contributed by atoms with E-state index in [0.717, 1.165) is 13.1 Å². The first kappa shape index (κ1) is 21.1. The monoisotopic (exact) mass is 459 g/mol. The third kappa shape index (κ3) is 4.06. The minimum absolute atomic E-state index is 0.0285. The Morgan fingerprint density at radius 2 is 1.30 bits per heavy atom. The van der Waals surface area contributed by atoms with Gasteiger partial charge >= 0.3 is 0 Å². The summed E-state index contributed by atoms with van der Waals surface area (Å²) in [6, 6.07) is 21.7. The lowest BCUT2D eigenvalue weighted by Crippen LogP contribution is -2.56. The molecule has 2 amide bonds. The molecule has 2 aliphatic rings. The predicted octanol–water partition coefficient (Wildman–Crippen LogP) is 3.86. The molecule has 7 nitrogen and oxygen atoms in total. The van der Waals surface area contributed by atoms with E-state index < -0.39 is 11.8 Å². The van der Waals surface area contributed by atoms with E-state index in [4.69, 9.17) is 21.4 Å². The molecule has 1 aromatic heterocycles. The number of ether oxygens (including phenoxy) is 1. The van der Waals surface area contributed by atoms with E-state index in [1.54, 1.807) is 30.3 Å². The van der Waals surface area contributed by atoms with Crippen molar-refractivity contribution >= 4 is 52.5 Å². The first-order valence-electron chi connectivity index (χ1n) is 10.6. The van der Waals surface area contributed by atoms with Crippen LogP contribution < -0.4 is 14.7 Å². The van der Waals surface area contributed by atoms with Crippen molar-refractivity contribution < 1.29 is 18.7 Å². The smallest absolute Gasteiger partial charge is 0.270 e. The number of hydrogen-bond acceptors (Lipinski definition) is 6. The summed E-state index contributed by atoms with van der Waals surface area (Å²) >= 11 is 5.61. The Morgan fingerprint density at radius 3 is 1.85 bits per heavy atom. The highest BCUT2D eigenvalue weighted by atomic mass is 32.1. The fourth-order valence-corrected chi connectivity index (χ4v) is 4.23. The largest absolute Gasteiger partial charge is 0.441 e. The molecular weight excluding hydrogens is 438 g/mol. The first-order valence-corrected chi connectivity index (χ1v) is 11.0. The van der Waals surface area contributed by atoms with Crippen molar-refractivity contribution in [2.75, 3.05) is 41.0 Å². The Labute approximate surface area is 196 Å². The highest BCUT2D eigenvalue weighted by Gasteiger charge is 2.41. The van der Waals surface area contributed by atoms with Gasteiger partial charge in [0.1, 0.15) is 11.3 Å². The fourth-order valence-electron chi connectivity index (χ4n) is 3.85. The summed E-state index contributed by atoms with van der Waals surface area (Å²) in [6.45, 7) is 2.70. The number of para-hydroxylation sites is 2. The Morgan fingerprint density at radius 1 is 0.758 bits per heavy atom. The molecule has 3 aromatic rings. The molecule has 0 bridgehead atoms. The highest BCUT2D eigenvalue weighted by molar-refractivity contribution is 7.81. The summed E-state index contributed by atoms with van der Waals surface area (Å²) in [5.74, 6) is 0.110. The van der Waals surface area contributed by atoms with Crippen LogP contribution in [0.1, 0.15) is 5.76 Å². The third-order valence-corrected chi connectivity index (χ3v) is 5.87. The molecule has 0 spiro atoms. The van der Waals surface area contributed by atoms with Gasteiger partial charge in [0.15, 0.2) is 11.0 Å². The molecule has 2 aromatic carbocycles. The van der Waals surface area contributed by atoms with Gasteiger partial charge in [0.05, 0.1) is 24.6 Å². The molecule has 2 aliphatic heterocycles. The molecule has 33 heavy (non-hydrogen) atoms.